The van der Waals surface area contributed by atoms with E-state index < -0.39 is 4.92 Å². The lowest BCUT2D eigenvalue weighted by Gasteiger charge is -2.12. The summed E-state index contributed by atoms with van der Waals surface area (Å²) in [6.45, 7) is 0.845. The lowest BCUT2D eigenvalue weighted by atomic mass is 10.2. The number of anilines is 1. The van der Waals surface area contributed by atoms with Crippen molar-refractivity contribution >= 4 is 17.4 Å². The number of urea groups is 1. The molecule has 0 aliphatic heterocycles. The third kappa shape index (κ3) is 4.13. The average Bonchev–Trinajstić information content (AvgIpc) is 2.42. The normalized spacial score (nSPS) is 9.45. The van der Waals surface area contributed by atoms with Crippen LogP contribution in [0.4, 0.5) is 16.2 Å². The van der Waals surface area contributed by atoms with Crippen LogP contribution in [-0.4, -0.2) is 43.0 Å². The minimum Gasteiger partial charge on any atom is -0.383 e. The maximum atomic E-state index is 11.2. The van der Waals surface area contributed by atoms with Crippen molar-refractivity contribution in [3.63, 3.8) is 0 Å². The number of carbonyl (C=O) groups is 1. The molecule has 0 atom stereocenters. The zero-order valence-electron chi connectivity index (χ0n) is 11.2. The maximum Gasteiger partial charge on any atom is 0.316 e. The van der Waals surface area contributed by atoms with E-state index >= 15 is 0 Å². The van der Waals surface area contributed by atoms with Gasteiger partial charge in [-0.25, -0.2) is 4.79 Å². The molecule has 20 heavy (non-hydrogen) atoms. The average molecular weight is 277 g/mol. The lowest BCUT2D eigenvalue weighted by Crippen LogP contribution is -2.37. The molecule has 0 spiro atoms. The number of nitro groups is 1. The Morgan fingerprint density at radius 3 is 2.70 bits per heavy atom. The Morgan fingerprint density at radius 2 is 2.15 bits per heavy atom. The number of nitrogens with one attached hydrogen (secondary N) is 2. The van der Waals surface area contributed by atoms with E-state index in [1.165, 1.54) is 23.1 Å². The number of nitro benzene ring substituents is 1. The van der Waals surface area contributed by atoms with Crippen molar-refractivity contribution in [3.05, 3.63) is 33.9 Å². The summed E-state index contributed by atoms with van der Waals surface area (Å²) in [5.74, 6) is 0. The highest BCUT2D eigenvalue weighted by atomic mass is 16.6. The van der Waals surface area contributed by atoms with Crippen LogP contribution in [0.15, 0.2) is 18.2 Å². The van der Waals surface area contributed by atoms with Crippen LogP contribution in [0, 0.1) is 21.4 Å². The van der Waals surface area contributed by atoms with Crippen LogP contribution in [0.25, 0.3) is 0 Å². The van der Waals surface area contributed by atoms with Crippen LogP contribution in [-0.2, 0) is 0 Å². The topological polar surface area (TPSA) is 111 Å². The highest BCUT2D eigenvalue weighted by molar-refractivity contribution is 5.73. The number of benzene rings is 1. The van der Waals surface area contributed by atoms with E-state index in [1.807, 2.05) is 0 Å². The molecule has 106 valence electrons. The van der Waals surface area contributed by atoms with E-state index in [9.17, 15) is 14.9 Å². The summed E-state index contributed by atoms with van der Waals surface area (Å²) in [4.78, 5) is 22.7. The molecule has 0 bridgehead atoms. The first-order chi connectivity index (χ1) is 9.45. The second-order valence-corrected chi connectivity index (χ2v) is 4.15. The molecule has 0 aliphatic rings. The Bertz CT molecular complexity index is 551. The number of carbonyl (C=O) groups excluding carboxylic acids is 1. The van der Waals surface area contributed by atoms with E-state index in [0.29, 0.717) is 18.8 Å². The molecular formula is C12H15N5O3. The molecule has 0 radical (unpaired) electrons. The summed E-state index contributed by atoms with van der Waals surface area (Å²) in [6, 6.07) is 5.79. The first kappa shape index (κ1) is 15.2. The molecule has 0 aromatic heterocycles. The van der Waals surface area contributed by atoms with E-state index in [-0.39, 0.29) is 17.3 Å². The Hall–Kier alpha value is -2.82. The third-order valence-corrected chi connectivity index (χ3v) is 2.45. The minimum absolute atomic E-state index is 0.00247. The monoisotopic (exact) mass is 277 g/mol. The summed E-state index contributed by atoms with van der Waals surface area (Å²) in [5, 5.41) is 25.2. The Morgan fingerprint density at radius 1 is 1.45 bits per heavy atom. The molecule has 2 N–H and O–H groups in total. The van der Waals surface area contributed by atoms with Gasteiger partial charge in [0, 0.05) is 38.9 Å². The van der Waals surface area contributed by atoms with Gasteiger partial charge in [0.05, 0.1) is 4.92 Å². The Kier molecular flexibility index (Phi) is 5.29. The molecule has 8 nitrogen and oxygen atoms in total. The molecular weight excluding hydrogens is 262 g/mol. The van der Waals surface area contributed by atoms with Crippen molar-refractivity contribution in [2.45, 2.75) is 0 Å². The molecule has 1 rings (SSSR count). The van der Waals surface area contributed by atoms with Gasteiger partial charge < -0.3 is 15.5 Å². The number of rotatable bonds is 5. The standard InChI is InChI=1S/C12H15N5O3/c1-16(2)12(18)15-6-5-14-10-3-4-11(17(19)20)9(7-10)8-13/h3-4,7,14H,5-6H2,1-2H3,(H,15,18). The number of nitriles is 1. The van der Waals surface area contributed by atoms with Gasteiger partial charge in [0.1, 0.15) is 11.6 Å². The van der Waals surface area contributed by atoms with Crippen molar-refractivity contribution in [2.75, 3.05) is 32.5 Å². The lowest BCUT2D eigenvalue weighted by molar-refractivity contribution is -0.385. The summed E-state index contributed by atoms with van der Waals surface area (Å²) >= 11 is 0. The third-order valence-electron chi connectivity index (χ3n) is 2.45. The summed E-state index contributed by atoms with van der Waals surface area (Å²) < 4.78 is 0. The van der Waals surface area contributed by atoms with Crippen molar-refractivity contribution < 1.29 is 9.72 Å². The number of hydrogen-bond donors (Lipinski definition) is 2. The molecule has 0 fully saturated rings. The van der Waals surface area contributed by atoms with Gasteiger partial charge in [-0.05, 0) is 12.1 Å². The summed E-state index contributed by atoms with van der Waals surface area (Å²) in [7, 11) is 3.27. The number of nitrogens with zero attached hydrogens (tertiary/aromatic N) is 3. The maximum absolute atomic E-state index is 11.2. The molecule has 1 aromatic rings. The van der Waals surface area contributed by atoms with Crippen LogP contribution in [0.3, 0.4) is 0 Å². The van der Waals surface area contributed by atoms with Crippen LogP contribution in [0.2, 0.25) is 0 Å². The molecule has 8 heteroatoms. The number of amides is 2. The van der Waals surface area contributed by atoms with Crippen LogP contribution in [0.1, 0.15) is 5.56 Å². The smallest absolute Gasteiger partial charge is 0.316 e. The molecule has 1 aromatic carbocycles. The zero-order valence-corrected chi connectivity index (χ0v) is 11.2. The highest BCUT2D eigenvalue weighted by Crippen LogP contribution is 2.21. The van der Waals surface area contributed by atoms with Gasteiger partial charge in [0.25, 0.3) is 5.69 Å². The van der Waals surface area contributed by atoms with Gasteiger partial charge in [-0.1, -0.05) is 0 Å². The highest BCUT2D eigenvalue weighted by Gasteiger charge is 2.13. The molecule has 0 saturated carbocycles. The summed E-state index contributed by atoms with van der Waals surface area (Å²) in [6.07, 6.45) is 0. The first-order valence-corrected chi connectivity index (χ1v) is 5.83. The van der Waals surface area contributed by atoms with E-state index in [0.717, 1.165) is 0 Å². The SMILES string of the molecule is CN(C)C(=O)NCCNc1ccc([N+](=O)[O-])c(C#N)c1. The zero-order chi connectivity index (χ0) is 15.1. The molecule has 0 unspecified atom stereocenters. The fourth-order valence-electron chi connectivity index (χ4n) is 1.43. The fourth-order valence-corrected chi connectivity index (χ4v) is 1.43. The van der Waals surface area contributed by atoms with Crippen molar-refractivity contribution in [1.29, 1.82) is 5.26 Å². The molecule has 0 heterocycles. The van der Waals surface area contributed by atoms with E-state index in [4.69, 9.17) is 5.26 Å². The van der Waals surface area contributed by atoms with Crippen molar-refractivity contribution in [2.24, 2.45) is 0 Å². The van der Waals surface area contributed by atoms with Gasteiger partial charge in [-0.2, -0.15) is 5.26 Å². The predicted molar refractivity (Wildman–Crippen MR) is 73.4 cm³/mol. The number of hydrogen-bond acceptors (Lipinski definition) is 5. The quantitative estimate of drug-likeness (QED) is 0.476. The second kappa shape index (κ2) is 6.94. The Balaban J connectivity index is 2.56. The predicted octanol–water partition coefficient (Wildman–Crippen LogP) is 1.15. The molecule has 0 aliphatic carbocycles. The van der Waals surface area contributed by atoms with E-state index in [1.54, 1.807) is 20.2 Å². The van der Waals surface area contributed by atoms with Crippen molar-refractivity contribution in [3.8, 4) is 6.07 Å². The molecule has 0 saturated heterocycles. The van der Waals surface area contributed by atoms with Gasteiger partial charge >= 0.3 is 6.03 Å². The first-order valence-electron chi connectivity index (χ1n) is 5.83. The fraction of sp³-hybridized carbons (Fsp3) is 0.333. The van der Waals surface area contributed by atoms with Gasteiger partial charge in [0.15, 0.2) is 0 Å². The minimum atomic E-state index is -0.598. The van der Waals surface area contributed by atoms with Gasteiger partial charge in [0.2, 0.25) is 0 Å². The van der Waals surface area contributed by atoms with Crippen LogP contribution >= 0.6 is 0 Å². The Labute approximate surface area is 116 Å². The van der Waals surface area contributed by atoms with Crippen LogP contribution < -0.4 is 10.6 Å². The largest absolute Gasteiger partial charge is 0.383 e. The van der Waals surface area contributed by atoms with Gasteiger partial charge in [-0.15, -0.1) is 0 Å². The van der Waals surface area contributed by atoms with E-state index in [2.05, 4.69) is 10.6 Å². The van der Waals surface area contributed by atoms with Gasteiger partial charge in [-0.3, -0.25) is 10.1 Å². The molecule has 2 amide bonds. The van der Waals surface area contributed by atoms with Crippen LogP contribution in [0.5, 0.6) is 0 Å². The van der Waals surface area contributed by atoms with Crippen molar-refractivity contribution in [1.82, 2.24) is 10.2 Å². The summed E-state index contributed by atoms with van der Waals surface area (Å²) in [5.41, 5.74) is 0.363. The second-order valence-electron chi connectivity index (χ2n) is 4.15.